The summed E-state index contributed by atoms with van der Waals surface area (Å²) >= 11 is 1.85. The number of rotatable bonds is 2. The SMILES string of the molecule is CC1c2ccsc2CCN1C(N)=NCc1ccccc1. The lowest BCUT2D eigenvalue weighted by atomic mass is 10.0. The molecule has 2 N–H and O–H groups in total. The largest absolute Gasteiger partial charge is 0.370 e. The third-order valence-corrected chi connectivity index (χ3v) is 4.83. The maximum absolute atomic E-state index is 6.19. The molecule has 0 saturated heterocycles. The van der Waals surface area contributed by atoms with E-state index >= 15 is 0 Å². The van der Waals surface area contributed by atoms with Crippen LogP contribution in [0.15, 0.2) is 46.8 Å². The van der Waals surface area contributed by atoms with Crippen molar-refractivity contribution in [1.29, 1.82) is 0 Å². The lowest BCUT2D eigenvalue weighted by Gasteiger charge is -2.34. The van der Waals surface area contributed by atoms with E-state index in [0.29, 0.717) is 18.5 Å². The highest BCUT2D eigenvalue weighted by Crippen LogP contribution is 2.32. The lowest BCUT2D eigenvalue weighted by molar-refractivity contribution is 0.317. The summed E-state index contributed by atoms with van der Waals surface area (Å²) in [6.07, 6.45) is 1.07. The maximum Gasteiger partial charge on any atom is 0.192 e. The van der Waals surface area contributed by atoms with Gasteiger partial charge in [0.1, 0.15) is 0 Å². The topological polar surface area (TPSA) is 41.6 Å². The third-order valence-electron chi connectivity index (χ3n) is 3.84. The van der Waals surface area contributed by atoms with Crippen molar-refractivity contribution >= 4 is 17.3 Å². The maximum atomic E-state index is 6.19. The first-order valence-corrected chi connectivity index (χ1v) is 7.80. The van der Waals surface area contributed by atoms with Gasteiger partial charge >= 0.3 is 0 Å². The highest BCUT2D eigenvalue weighted by atomic mass is 32.1. The molecule has 1 atom stereocenters. The van der Waals surface area contributed by atoms with E-state index in [1.54, 1.807) is 0 Å². The van der Waals surface area contributed by atoms with E-state index in [4.69, 9.17) is 5.73 Å². The molecule has 1 aliphatic rings. The summed E-state index contributed by atoms with van der Waals surface area (Å²) in [6, 6.07) is 12.8. The standard InChI is InChI=1S/C16H19N3S/c1-12-14-8-10-20-15(14)7-9-19(12)16(17)18-11-13-5-3-2-4-6-13/h2-6,8,10,12H,7,9,11H2,1H3,(H2,17,18). The predicted molar refractivity (Wildman–Crippen MR) is 84.9 cm³/mol. The van der Waals surface area contributed by atoms with Gasteiger partial charge in [0.25, 0.3) is 0 Å². The van der Waals surface area contributed by atoms with E-state index in [2.05, 4.69) is 40.4 Å². The fourth-order valence-electron chi connectivity index (χ4n) is 2.67. The van der Waals surface area contributed by atoms with Crippen molar-refractivity contribution in [3.63, 3.8) is 0 Å². The quantitative estimate of drug-likeness (QED) is 0.680. The number of benzene rings is 1. The average molecular weight is 285 g/mol. The smallest absolute Gasteiger partial charge is 0.192 e. The minimum absolute atomic E-state index is 0.324. The highest BCUT2D eigenvalue weighted by molar-refractivity contribution is 7.10. The summed E-state index contributed by atoms with van der Waals surface area (Å²) in [4.78, 5) is 8.25. The molecule has 0 bridgehead atoms. The molecule has 0 saturated carbocycles. The summed E-state index contributed by atoms with van der Waals surface area (Å²) in [5.74, 6) is 0.651. The molecule has 0 fully saturated rings. The Morgan fingerprint density at radius 1 is 1.35 bits per heavy atom. The molecule has 20 heavy (non-hydrogen) atoms. The van der Waals surface area contributed by atoms with Gasteiger partial charge in [-0.1, -0.05) is 30.3 Å². The Balaban J connectivity index is 1.73. The van der Waals surface area contributed by atoms with Gasteiger partial charge in [-0.2, -0.15) is 0 Å². The Bertz CT molecular complexity index is 603. The summed E-state index contributed by atoms with van der Waals surface area (Å²) in [7, 11) is 0. The van der Waals surface area contributed by atoms with E-state index in [9.17, 15) is 0 Å². The molecule has 0 spiro atoms. The van der Waals surface area contributed by atoms with Crippen molar-refractivity contribution < 1.29 is 0 Å². The van der Waals surface area contributed by atoms with Crippen LogP contribution in [0.3, 0.4) is 0 Å². The fraction of sp³-hybridized carbons (Fsp3) is 0.312. The summed E-state index contributed by atoms with van der Waals surface area (Å²) in [6.45, 7) is 3.81. The zero-order chi connectivity index (χ0) is 13.9. The first-order valence-electron chi connectivity index (χ1n) is 6.92. The number of aliphatic imine (C=N–C) groups is 1. The molecule has 4 heteroatoms. The van der Waals surface area contributed by atoms with Gasteiger partial charge in [0, 0.05) is 11.4 Å². The molecule has 3 nitrogen and oxygen atoms in total. The normalized spacial score (nSPS) is 18.9. The van der Waals surface area contributed by atoms with Crippen LogP contribution in [-0.2, 0) is 13.0 Å². The first-order chi connectivity index (χ1) is 9.75. The number of guanidine groups is 1. The van der Waals surface area contributed by atoms with Crippen LogP contribution in [-0.4, -0.2) is 17.4 Å². The van der Waals surface area contributed by atoms with Crippen LogP contribution in [0.1, 0.15) is 29.0 Å². The molecule has 104 valence electrons. The van der Waals surface area contributed by atoms with Crippen LogP contribution < -0.4 is 5.73 Å². The number of hydrogen-bond donors (Lipinski definition) is 1. The zero-order valence-electron chi connectivity index (χ0n) is 11.6. The van der Waals surface area contributed by atoms with E-state index in [1.165, 1.54) is 16.0 Å². The van der Waals surface area contributed by atoms with Crippen molar-refractivity contribution in [1.82, 2.24) is 4.90 Å². The van der Waals surface area contributed by atoms with Crippen LogP contribution in [0.4, 0.5) is 0 Å². The predicted octanol–water partition coefficient (Wildman–Crippen LogP) is 3.18. The van der Waals surface area contributed by atoms with Crippen molar-refractivity contribution in [2.24, 2.45) is 10.7 Å². The van der Waals surface area contributed by atoms with Gasteiger partial charge in [0.15, 0.2) is 5.96 Å². The second-order valence-electron chi connectivity index (χ2n) is 5.08. The summed E-state index contributed by atoms with van der Waals surface area (Å²) in [5.41, 5.74) is 8.78. The second-order valence-corrected chi connectivity index (χ2v) is 6.08. The van der Waals surface area contributed by atoms with Gasteiger partial charge in [-0.25, -0.2) is 4.99 Å². The van der Waals surface area contributed by atoms with Crippen molar-refractivity contribution in [2.45, 2.75) is 25.9 Å². The highest BCUT2D eigenvalue weighted by Gasteiger charge is 2.25. The molecule has 2 aromatic rings. The third kappa shape index (κ3) is 2.56. The second kappa shape index (κ2) is 5.67. The van der Waals surface area contributed by atoms with E-state index in [-0.39, 0.29) is 0 Å². The molecular formula is C16H19N3S. The van der Waals surface area contributed by atoms with Gasteiger partial charge in [-0.05, 0) is 35.9 Å². The Kier molecular flexibility index (Phi) is 3.74. The molecule has 1 aromatic heterocycles. The minimum atomic E-state index is 0.324. The Hall–Kier alpha value is -1.81. The number of hydrogen-bond acceptors (Lipinski definition) is 2. The van der Waals surface area contributed by atoms with Crippen molar-refractivity contribution in [3.05, 3.63) is 57.8 Å². The zero-order valence-corrected chi connectivity index (χ0v) is 12.4. The molecule has 1 aromatic carbocycles. The van der Waals surface area contributed by atoms with Crippen LogP contribution in [0.2, 0.25) is 0 Å². The van der Waals surface area contributed by atoms with E-state index in [1.807, 2.05) is 29.5 Å². The Morgan fingerprint density at radius 3 is 2.95 bits per heavy atom. The van der Waals surface area contributed by atoms with E-state index < -0.39 is 0 Å². The summed E-state index contributed by atoms with van der Waals surface area (Å²) < 4.78 is 0. The van der Waals surface area contributed by atoms with Crippen molar-refractivity contribution in [3.8, 4) is 0 Å². The molecular weight excluding hydrogens is 266 g/mol. The molecule has 0 amide bonds. The van der Waals surface area contributed by atoms with Crippen LogP contribution >= 0.6 is 11.3 Å². The van der Waals surface area contributed by atoms with Crippen LogP contribution in [0.5, 0.6) is 0 Å². The first kappa shape index (κ1) is 13.2. The van der Waals surface area contributed by atoms with Gasteiger partial charge < -0.3 is 10.6 Å². The fourth-order valence-corrected chi connectivity index (χ4v) is 3.63. The number of fused-ring (bicyclic) bond motifs is 1. The van der Waals surface area contributed by atoms with Gasteiger partial charge in [-0.3, -0.25) is 0 Å². The molecule has 0 radical (unpaired) electrons. The average Bonchev–Trinajstić information content (AvgIpc) is 2.96. The molecule has 1 aliphatic heterocycles. The Labute approximate surface area is 123 Å². The molecule has 0 aliphatic carbocycles. The summed E-state index contributed by atoms with van der Waals surface area (Å²) in [5, 5.41) is 2.17. The lowest BCUT2D eigenvalue weighted by Crippen LogP contribution is -2.42. The number of nitrogens with two attached hydrogens (primary N) is 1. The monoisotopic (exact) mass is 285 g/mol. The Morgan fingerprint density at radius 2 is 2.15 bits per heavy atom. The van der Waals surface area contributed by atoms with Gasteiger partial charge in [0.05, 0.1) is 12.6 Å². The molecule has 1 unspecified atom stereocenters. The molecule has 3 rings (SSSR count). The number of nitrogens with zero attached hydrogens (tertiary/aromatic N) is 2. The number of thiophene rings is 1. The van der Waals surface area contributed by atoms with Crippen LogP contribution in [0.25, 0.3) is 0 Å². The van der Waals surface area contributed by atoms with Gasteiger partial charge in [0.2, 0.25) is 0 Å². The van der Waals surface area contributed by atoms with Crippen LogP contribution in [0, 0.1) is 0 Å². The molecule has 2 heterocycles. The van der Waals surface area contributed by atoms with Gasteiger partial charge in [-0.15, -0.1) is 11.3 Å². The van der Waals surface area contributed by atoms with E-state index in [0.717, 1.165) is 13.0 Å². The minimum Gasteiger partial charge on any atom is -0.370 e. The van der Waals surface area contributed by atoms with Crippen molar-refractivity contribution in [2.75, 3.05) is 6.54 Å².